The molecule has 0 aliphatic heterocycles. The summed E-state index contributed by atoms with van der Waals surface area (Å²) in [4.78, 5) is 8.57. The van der Waals surface area contributed by atoms with Crippen LogP contribution in [-0.4, -0.2) is 9.97 Å². The lowest BCUT2D eigenvalue weighted by Crippen LogP contribution is -2.05. The number of rotatable bonds is 5. The molecular weight excluding hydrogens is 224 g/mol. The Balaban J connectivity index is 2.06. The van der Waals surface area contributed by atoms with Crippen molar-refractivity contribution in [1.82, 2.24) is 9.97 Å². The van der Waals surface area contributed by atoms with Gasteiger partial charge < -0.3 is 11.5 Å². The monoisotopic (exact) mass is 242 g/mol. The summed E-state index contributed by atoms with van der Waals surface area (Å²) in [6.45, 7) is 1.06. The summed E-state index contributed by atoms with van der Waals surface area (Å²) in [7, 11) is 0. The van der Waals surface area contributed by atoms with E-state index in [0.29, 0.717) is 13.1 Å². The van der Waals surface area contributed by atoms with Gasteiger partial charge in [0.25, 0.3) is 0 Å². The van der Waals surface area contributed by atoms with E-state index in [9.17, 15) is 0 Å². The summed E-state index contributed by atoms with van der Waals surface area (Å²) in [5, 5.41) is 0. The van der Waals surface area contributed by atoms with Crippen molar-refractivity contribution in [1.29, 1.82) is 0 Å². The van der Waals surface area contributed by atoms with Crippen LogP contribution in [-0.2, 0) is 25.9 Å². The van der Waals surface area contributed by atoms with Crippen LogP contribution in [0.5, 0.6) is 0 Å². The van der Waals surface area contributed by atoms with Gasteiger partial charge in [-0.15, -0.1) is 0 Å². The lowest BCUT2D eigenvalue weighted by molar-refractivity contribution is 0.866. The normalized spacial score (nSPS) is 10.6. The Kier molecular flexibility index (Phi) is 4.39. The molecule has 0 saturated carbocycles. The molecular formula is C14H18N4. The fourth-order valence-electron chi connectivity index (χ4n) is 1.93. The lowest BCUT2D eigenvalue weighted by Gasteiger charge is -2.07. The van der Waals surface area contributed by atoms with Gasteiger partial charge in [0.1, 0.15) is 0 Å². The van der Waals surface area contributed by atoms with Crippen LogP contribution in [0.4, 0.5) is 0 Å². The molecule has 0 spiro atoms. The molecule has 2 rings (SSSR count). The molecule has 2 aromatic heterocycles. The number of hydrogen-bond donors (Lipinski definition) is 2. The highest BCUT2D eigenvalue weighted by atomic mass is 14.7. The zero-order valence-electron chi connectivity index (χ0n) is 10.3. The van der Waals surface area contributed by atoms with Crippen LogP contribution in [0.1, 0.15) is 22.4 Å². The summed E-state index contributed by atoms with van der Waals surface area (Å²) < 4.78 is 0. The molecule has 4 heteroatoms. The van der Waals surface area contributed by atoms with Crippen molar-refractivity contribution in [3.63, 3.8) is 0 Å². The molecule has 2 heterocycles. The predicted molar refractivity (Wildman–Crippen MR) is 71.7 cm³/mol. The second kappa shape index (κ2) is 6.23. The van der Waals surface area contributed by atoms with Crippen molar-refractivity contribution >= 4 is 0 Å². The first kappa shape index (κ1) is 12.7. The second-order valence-corrected chi connectivity index (χ2v) is 4.22. The first-order valence-corrected chi connectivity index (χ1v) is 6.09. The number of hydrogen-bond acceptors (Lipinski definition) is 4. The number of nitrogens with two attached hydrogens (primary N) is 2. The molecule has 0 radical (unpaired) electrons. The van der Waals surface area contributed by atoms with E-state index in [4.69, 9.17) is 11.5 Å². The van der Waals surface area contributed by atoms with Gasteiger partial charge in [-0.1, -0.05) is 12.1 Å². The smallest absolute Gasteiger partial charge is 0.0451 e. The van der Waals surface area contributed by atoms with Crippen LogP contribution in [0, 0.1) is 0 Å². The van der Waals surface area contributed by atoms with Crippen LogP contribution in [0.15, 0.2) is 36.8 Å². The number of aromatic nitrogens is 2. The average Bonchev–Trinajstić information content (AvgIpc) is 2.45. The van der Waals surface area contributed by atoms with E-state index in [2.05, 4.69) is 16.0 Å². The van der Waals surface area contributed by atoms with Gasteiger partial charge in [0.15, 0.2) is 0 Å². The highest BCUT2D eigenvalue weighted by Crippen LogP contribution is 2.10. The maximum absolute atomic E-state index is 5.70. The van der Waals surface area contributed by atoms with Crippen LogP contribution in [0.2, 0.25) is 0 Å². The van der Waals surface area contributed by atoms with Crippen molar-refractivity contribution in [2.45, 2.75) is 25.9 Å². The largest absolute Gasteiger partial charge is 0.326 e. The van der Waals surface area contributed by atoms with Gasteiger partial charge >= 0.3 is 0 Å². The molecule has 4 nitrogen and oxygen atoms in total. The molecule has 4 N–H and O–H groups in total. The van der Waals surface area contributed by atoms with Gasteiger partial charge in [-0.2, -0.15) is 0 Å². The highest BCUT2D eigenvalue weighted by Gasteiger charge is 2.03. The minimum absolute atomic E-state index is 0.526. The van der Waals surface area contributed by atoms with E-state index >= 15 is 0 Å². The number of aryl methyl sites for hydroxylation is 2. The quantitative estimate of drug-likeness (QED) is 0.825. The van der Waals surface area contributed by atoms with Gasteiger partial charge in [-0.25, -0.2) is 0 Å². The summed E-state index contributed by atoms with van der Waals surface area (Å²) in [5.41, 5.74) is 15.7. The molecule has 94 valence electrons. The third-order valence-electron chi connectivity index (χ3n) is 2.94. The average molecular weight is 242 g/mol. The Morgan fingerprint density at radius 3 is 2.61 bits per heavy atom. The topological polar surface area (TPSA) is 77.8 Å². The first-order valence-electron chi connectivity index (χ1n) is 6.09. The summed E-state index contributed by atoms with van der Waals surface area (Å²) in [6, 6.07) is 6.04. The Morgan fingerprint density at radius 2 is 1.83 bits per heavy atom. The standard InChI is InChI=1S/C14H18N4/c15-7-12-6-11(9-17-10-12)3-4-14-13(8-16)2-1-5-18-14/h1-2,5-6,9-10H,3-4,7-8,15-16H2. The van der Waals surface area contributed by atoms with Gasteiger partial charge in [-0.05, 0) is 35.6 Å². The highest BCUT2D eigenvalue weighted by molar-refractivity contribution is 5.23. The molecule has 0 fully saturated rings. The SMILES string of the molecule is NCc1cncc(CCc2ncccc2CN)c1. The van der Waals surface area contributed by atoms with E-state index in [0.717, 1.165) is 29.7 Å². The molecule has 0 bridgehead atoms. The maximum Gasteiger partial charge on any atom is 0.0451 e. The lowest BCUT2D eigenvalue weighted by atomic mass is 10.0. The molecule has 0 amide bonds. The van der Waals surface area contributed by atoms with Crippen LogP contribution < -0.4 is 11.5 Å². The van der Waals surface area contributed by atoms with Crippen molar-refractivity contribution < 1.29 is 0 Å². The molecule has 0 atom stereocenters. The Labute approximate surface area is 107 Å². The second-order valence-electron chi connectivity index (χ2n) is 4.22. The molecule has 0 unspecified atom stereocenters. The van der Waals surface area contributed by atoms with Crippen molar-refractivity contribution in [3.05, 3.63) is 59.2 Å². The first-order chi connectivity index (χ1) is 8.83. The van der Waals surface area contributed by atoms with Crippen LogP contribution in [0.3, 0.4) is 0 Å². The number of pyridine rings is 2. The Morgan fingerprint density at radius 1 is 1.00 bits per heavy atom. The molecule has 0 aromatic carbocycles. The van der Waals surface area contributed by atoms with Crippen LogP contribution in [0.25, 0.3) is 0 Å². The fourth-order valence-corrected chi connectivity index (χ4v) is 1.93. The van der Waals surface area contributed by atoms with E-state index in [-0.39, 0.29) is 0 Å². The minimum atomic E-state index is 0.526. The number of nitrogens with zero attached hydrogens (tertiary/aromatic N) is 2. The summed E-state index contributed by atoms with van der Waals surface area (Å²) in [6.07, 6.45) is 7.27. The van der Waals surface area contributed by atoms with Gasteiger partial charge in [-0.3, -0.25) is 9.97 Å². The Bertz CT molecular complexity index is 511. The van der Waals surface area contributed by atoms with Crippen LogP contribution >= 0.6 is 0 Å². The third-order valence-corrected chi connectivity index (χ3v) is 2.94. The van der Waals surface area contributed by atoms with Crippen molar-refractivity contribution in [2.24, 2.45) is 11.5 Å². The molecule has 18 heavy (non-hydrogen) atoms. The predicted octanol–water partition coefficient (Wildman–Crippen LogP) is 1.18. The maximum atomic E-state index is 5.70. The van der Waals surface area contributed by atoms with Gasteiger partial charge in [0.05, 0.1) is 0 Å². The van der Waals surface area contributed by atoms with Gasteiger partial charge in [0.2, 0.25) is 0 Å². The van der Waals surface area contributed by atoms with Crippen molar-refractivity contribution in [2.75, 3.05) is 0 Å². The Hall–Kier alpha value is -1.78. The minimum Gasteiger partial charge on any atom is -0.326 e. The third kappa shape index (κ3) is 3.12. The summed E-state index contributed by atoms with van der Waals surface area (Å²) >= 11 is 0. The zero-order valence-corrected chi connectivity index (χ0v) is 10.3. The van der Waals surface area contributed by atoms with E-state index in [1.165, 1.54) is 5.56 Å². The molecule has 0 aliphatic rings. The zero-order chi connectivity index (χ0) is 12.8. The van der Waals surface area contributed by atoms with E-state index in [1.54, 1.807) is 6.20 Å². The van der Waals surface area contributed by atoms with E-state index in [1.807, 2.05) is 24.5 Å². The van der Waals surface area contributed by atoms with E-state index < -0.39 is 0 Å². The molecule has 0 saturated heterocycles. The molecule has 0 aliphatic carbocycles. The molecule has 2 aromatic rings. The fraction of sp³-hybridized carbons (Fsp3) is 0.286. The summed E-state index contributed by atoms with van der Waals surface area (Å²) in [5.74, 6) is 0. The van der Waals surface area contributed by atoms with Crippen molar-refractivity contribution in [3.8, 4) is 0 Å². The van der Waals surface area contributed by atoms with Gasteiger partial charge in [0, 0.05) is 37.4 Å².